The van der Waals surface area contributed by atoms with Gasteiger partial charge in [-0.2, -0.15) is 0 Å². The molecule has 0 aliphatic carbocycles. The molecule has 19 heavy (non-hydrogen) atoms. The Morgan fingerprint density at radius 1 is 1.32 bits per heavy atom. The second-order valence-electron chi connectivity index (χ2n) is 4.73. The lowest BCUT2D eigenvalue weighted by atomic mass is 10.1. The smallest absolute Gasteiger partial charge is 0.326 e. The van der Waals surface area contributed by atoms with E-state index >= 15 is 0 Å². The van der Waals surface area contributed by atoms with Gasteiger partial charge in [0.1, 0.15) is 11.0 Å². The molecule has 1 aromatic heterocycles. The molecule has 6 nitrogen and oxygen atoms in total. The summed E-state index contributed by atoms with van der Waals surface area (Å²) in [5, 5.41) is 16.8. The maximum atomic E-state index is 11.7. The number of aliphatic carboxylic acids is 1. The third-order valence-electron chi connectivity index (χ3n) is 2.57. The zero-order valence-electron chi connectivity index (χ0n) is 11.4. The summed E-state index contributed by atoms with van der Waals surface area (Å²) in [4.78, 5) is 27.0. The monoisotopic (exact) mass is 285 g/mol. The molecule has 106 valence electrons. The first-order valence-corrected chi connectivity index (χ1v) is 6.91. The van der Waals surface area contributed by atoms with E-state index in [0.29, 0.717) is 0 Å². The van der Waals surface area contributed by atoms with Crippen LogP contribution in [0.5, 0.6) is 0 Å². The summed E-state index contributed by atoms with van der Waals surface area (Å²) in [6.07, 6.45) is 0. The lowest BCUT2D eigenvalue weighted by Crippen LogP contribution is -2.49. The first-order valence-electron chi connectivity index (χ1n) is 6.03. The van der Waals surface area contributed by atoms with Gasteiger partial charge in [0.15, 0.2) is 0 Å². The third kappa shape index (κ3) is 4.51. The van der Waals surface area contributed by atoms with E-state index in [1.54, 1.807) is 13.8 Å². The Bertz CT molecular complexity index is 459. The predicted molar refractivity (Wildman–Crippen MR) is 73.2 cm³/mol. The number of rotatable bonds is 5. The van der Waals surface area contributed by atoms with Crippen molar-refractivity contribution < 1.29 is 14.7 Å². The van der Waals surface area contributed by atoms with Crippen molar-refractivity contribution in [3.05, 3.63) is 16.1 Å². The number of nitrogens with zero attached hydrogens (tertiary/aromatic N) is 1. The largest absolute Gasteiger partial charge is 0.480 e. The minimum absolute atomic E-state index is 0.180. The number of aryl methyl sites for hydroxylation is 1. The van der Waals surface area contributed by atoms with Gasteiger partial charge in [0.25, 0.3) is 0 Å². The molecular weight excluding hydrogens is 266 g/mol. The van der Waals surface area contributed by atoms with Crippen molar-refractivity contribution in [1.29, 1.82) is 0 Å². The molecule has 0 aliphatic heterocycles. The summed E-state index contributed by atoms with van der Waals surface area (Å²) in [5.74, 6) is -1.22. The van der Waals surface area contributed by atoms with Gasteiger partial charge in [0.05, 0.1) is 6.04 Å². The average molecular weight is 285 g/mol. The van der Waals surface area contributed by atoms with Gasteiger partial charge in [0, 0.05) is 11.1 Å². The van der Waals surface area contributed by atoms with E-state index in [-0.39, 0.29) is 12.0 Å². The second kappa shape index (κ2) is 6.51. The number of urea groups is 1. The molecule has 1 heterocycles. The van der Waals surface area contributed by atoms with Crippen LogP contribution in [0.25, 0.3) is 0 Å². The van der Waals surface area contributed by atoms with Crippen molar-refractivity contribution in [2.75, 3.05) is 0 Å². The van der Waals surface area contributed by atoms with Gasteiger partial charge in [-0.3, -0.25) is 0 Å². The Balaban J connectivity index is 2.57. The van der Waals surface area contributed by atoms with Crippen LogP contribution < -0.4 is 10.6 Å². The van der Waals surface area contributed by atoms with Gasteiger partial charge < -0.3 is 15.7 Å². The molecule has 1 rings (SSSR count). The average Bonchev–Trinajstić information content (AvgIpc) is 2.72. The molecule has 1 unspecified atom stereocenters. The third-order valence-corrected chi connectivity index (χ3v) is 3.72. The van der Waals surface area contributed by atoms with Crippen molar-refractivity contribution in [2.45, 2.75) is 39.8 Å². The van der Waals surface area contributed by atoms with Crippen LogP contribution in [-0.2, 0) is 4.79 Å². The lowest BCUT2D eigenvalue weighted by Gasteiger charge is -2.19. The first kappa shape index (κ1) is 15.4. The van der Waals surface area contributed by atoms with Gasteiger partial charge in [0.2, 0.25) is 0 Å². The molecular formula is C12H19N3O3S. The molecule has 2 amide bonds. The maximum Gasteiger partial charge on any atom is 0.326 e. The Kier molecular flexibility index (Phi) is 5.29. The van der Waals surface area contributed by atoms with Crippen LogP contribution in [-0.4, -0.2) is 28.1 Å². The minimum atomic E-state index is -1.04. The summed E-state index contributed by atoms with van der Waals surface area (Å²) >= 11 is 1.46. The van der Waals surface area contributed by atoms with Gasteiger partial charge in [-0.05, 0) is 19.8 Å². The quantitative estimate of drug-likeness (QED) is 0.770. The Morgan fingerprint density at radius 2 is 1.95 bits per heavy atom. The molecule has 0 saturated heterocycles. The van der Waals surface area contributed by atoms with Crippen LogP contribution >= 0.6 is 11.3 Å². The Morgan fingerprint density at radius 3 is 2.37 bits per heavy atom. The number of carbonyl (C=O) groups is 2. The fourth-order valence-electron chi connectivity index (χ4n) is 1.53. The van der Waals surface area contributed by atoms with E-state index in [1.165, 1.54) is 11.3 Å². The topological polar surface area (TPSA) is 91.3 Å². The number of amides is 2. The number of carboxylic acids is 1. The number of carbonyl (C=O) groups excluding carboxylic acids is 1. The van der Waals surface area contributed by atoms with Crippen molar-refractivity contribution in [3.8, 4) is 0 Å². The highest BCUT2D eigenvalue weighted by molar-refractivity contribution is 7.09. The second-order valence-corrected chi connectivity index (χ2v) is 5.62. The predicted octanol–water partition coefficient (Wildman–Crippen LogP) is 1.92. The summed E-state index contributed by atoms with van der Waals surface area (Å²) < 4.78 is 0. The van der Waals surface area contributed by atoms with E-state index in [0.717, 1.165) is 10.7 Å². The lowest BCUT2D eigenvalue weighted by molar-refractivity contribution is -0.140. The van der Waals surface area contributed by atoms with E-state index < -0.39 is 18.0 Å². The van der Waals surface area contributed by atoms with Gasteiger partial charge in [-0.25, -0.2) is 14.6 Å². The van der Waals surface area contributed by atoms with Gasteiger partial charge in [-0.15, -0.1) is 11.3 Å². The fraction of sp³-hybridized carbons (Fsp3) is 0.583. The molecule has 0 aromatic carbocycles. The molecule has 7 heteroatoms. The maximum absolute atomic E-state index is 11.7. The van der Waals surface area contributed by atoms with Crippen LogP contribution in [0.4, 0.5) is 4.79 Å². The zero-order chi connectivity index (χ0) is 14.6. The van der Waals surface area contributed by atoms with Crippen molar-refractivity contribution in [3.63, 3.8) is 0 Å². The summed E-state index contributed by atoms with van der Waals surface area (Å²) in [5.41, 5.74) is 0.902. The fourth-order valence-corrected chi connectivity index (χ4v) is 2.33. The molecule has 0 fully saturated rings. The Hall–Kier alpha value is -1.63. The highest BCUT2D eigenvalue weighted by Gasteiger charge is 2.24. The SMILES string of the molecule is Cc1csc(C(C)NC(=O)N[C@H](C(=O)O)C(C)C)n1. The van der Waals surface area contributed by atoms with Crippen LogP contribution in [0.15, 0.2) is 5.38 Å². The van der Waals surface area contributed by atoms with Gasteiger partial charge >= 0.3 is 12.0 Å². The van der Waals surface area contributed by atoms with Crippen molar-refractivity contribution in [2.24, 2.45) is 5.92 Å². The molecule has 2 atom stereocenters. The number of carboxylic acid groups (broad SMARTS) is 1. The summed E-state index contributed by atoms with van der Waals surface area (Å²) in [6.45, 7) is 7.17. The summed E-state index contributed by atoms with van der Waals surface area (Å²) in [7, 11) is 0. The highest BCUT2D eigenvalue weighted by Crippen LogP contribution is 2.17. The molecule has 0 radical (unpaired) electrons. The van der Waals surface area contributed by atoms with Crippen LogP contribution in [0.3, 0.4) is 0 Å². The van der Waals surface area contributed by atoms with Gasteiger partial charge in [-0.1, -0.05) is 13.8 Å². The minimum Gasteiger partial charge on any atom is -0.480 e. The summed E-state index contributed by atoms with van der Waals surface area (Å²) in [6, 6.07) is -1.65. The molecule has 0 aliphatic rings. The van der Waals surface area contributed by atoms with Crippen LogP contribution in [0, 0.1) is 12.8 Å². The number of thiazole rings is 1. The van der Waals surface area contributed by atoms with E-state index in [9.17, 15) is 9.59 Å². The molecule has 1 aromatic rings. The van der Waals surface area contributed by atoms with E-state index in [2.05, 4.69) is 15.6 Å². The van der Waals surface area contributed by atoms with Crippen molar-refractivity contribution >= 4 is 23.3 Å². The molecule has 3 N–H and O–H groups in total. The molecule has 0 saturated carbocycles. The highest BCUT2D eigenvalue weighted by atomic mass is 32.1. The van der Waals surface area contributed by atoms with E-state index in [1.807, 2.05) is 19.2 Å². The molecule has 0 bridgehead atoms. The number of hydrogen-bond acceptors (Lipinski definition) is 4. The van der Waals surface area contributed by atoms with Crippen LogP contribution in [0.1, 0.15) is 37.5 Å². The standard InChI is InChI=1S/C12H19N3O3S/c1-6(2)9(11(16)17)15-12(18)14-8(4)10-13-7(3)5-19-10/h5-6,8-9H,1-4H3,(H,16,17)(H2,14,15,18)/t8?,9-/m0/s1. The van der Waals surface area contributed by atoms with Crippen molar-refractivity contribution in [1.82, 2.24) is 15.6 Å². The number of hydrogen-bond donors (Lipinski definition) is 3. The number of aromatic nitrogens is 1. The Labute approximate surface area is 116 Å². The molecule has 0 spiro atoms. The first-order chi connectivity index (χ1) is 8.81. The van der Waals surface area contributed by atoms with Crippen LogP contribution in [0.2, 0.25) is 0 Å². The van der Waals surface area contributed by atoms with E-state index in [4.69, 9.17) is 5.11 Å². The zero-order valence-corrected chi connectivity index (χ0v) is 12.2. The normalized spacial score (nSPS) is 13.9. The number of nitrogens with one attached hydrogen (secondary N) is 2.